The van der Waals surface area contributed by atoms with Gasteiger partial charge in [-0.3, -0.25) is 9.59 Å². The zero-order chi connectivity index (χ0) is 14.5. The van der Waals surface area contributed by atoms with E-state index < -0.39 is 5.97 Å². The number of likely N-dealkylation sites (tertiary alicyclic amines) is 1. The molecule has 1 N–H and O–H groups in total. The number of thioether (sulfide) groups is 1. The summed E-state index contributed by atoms with van der Waals surface area (Å²) in [6.07, 6.45) is 3.92. The van der Waals surface area contributed by atoms with Gasteiger partial charge in [0.25, 0.3) is 5.91 Å². The fourth-order valence-corrected chi connectivity index (χ4v) is 2.99. The van der Waals surface area contributed by atoms with Crippen LogP contribution in [0.3, 0.4) is 0 Å². The maximum absolute atomic E-state index is 12.4. The topological polar surface area (TPSA) is 57.6 Å². The highest BCUT2D eigenvalue weighted by molar-refractivity contribution is 7.98. The van der Waals surface area contributed by atoms with Gasteiger partial charge in [-0.1, -0.05) is 0 Å². The lowest BCUT2D eigenvalue weighted by atomic mass is 9.94. The molecule has 0 aromatic heterocycles. The van der Waals surface area contributed by atoms with Crippen molar-refractivity contribution in [2.75, 3.05) is 19.3 Å². The van der Waals surface area contributed by atoms with Gasteiger partial charge < -0.3 is 10.0 Å². The number of aliphatic carboxylic acids is 1. The summed E-state index contributed by atoms with van der Waals surface area (Å²) in [7, 11) is 0. The Balaban J connectivity index is 2.02. The Morgan fingerprint density at radius 3 is 2.65 bits per heavy atom. The molecule has 2 rings (SSSR count). The Kier molecular flexibility index (Phi) is 5.06. The number of carbonyl (C=O) groups is 2. The summed E-state index contributed by atoms with van der Waals surface area (Å²) in [6.45, 7) is 1.27. The Hall–Kier alpha value is -1.49. The van der Waals surface area contributed by atoms with Gasteiger partial charge in [0.2, 0.25) is 0 Å². The van der Waals surface area contributed by atoms with Gasteiger partial charge in [0.05, 0.1) is 0 Å². The summed E-state index contributed by atoms with van der Waals surface area (Å²) in [4.78, 5) is 26.1. The van der Waals surface area contributed by atoms with E-state index in [1.807, 2.05) is 30.5 Å². The van der Waals surface area contributed by atoms with Crippen LogP contribution in [0.5, 0.6) is 0 Å². The SMILES string of the molecule is CSc1ccc(C(=O)N2CCCC(CC(=O)O)C2)cc1. The molecule has 1 saturated heterocycles. The highest BCUT2D eigenvalue weighted by atomic mass is 32.2. The number of hydrogen-bond donors (Lipinski definition) is 1. The highest BCUT2D eigenvalue weighted by Crippen LogP contribution is 2.22. The molecule has 1 aliphatic heterocycles. The van der Waals surface area contributed by atoms with E-state index in [2.05, 4.69) is 0 Å². The van der Waals surface area contributed by atoms with E-state index in [0.717, 1.165) is 24.3 Å². The van der Waals surface area contributed by atoms with Gasteiger partial charge in [-0.15, -0.1) is 11.8 Å². The average Bonchev–Trinajstić information content (AvgIpc) is 2.46. The van der Waals surface area contributed by atoms with E-state index in [1.165, 1.54) is 0 Å². The molecule has 1 aromatic carbocycles. The minimum Gasteiger partial charge on any atom is -0.481 e. The Morgan fingerprint density at radius 2 is 2.05 bits per heavy atom. The highest BCUT2D eigenvalue weighted by Gasteiger charge is 2.25. The molecule has 5 heteroatoms. The number of rotatable bonds is 4. The molecule has 1 amide bonds. The van der Waals surface area contributed by atoms with Crippen LogP contribution in [-0.2, 0) is 4.79 Å². The minimum atomic E-state index is -0.784. The standard InChI is InChI=1S/C15H19NO3S/c1-20-13-6-4-12(5-7-13)15(19)16-8-2-3-11(10-16)9-14(17)18/h4-7,11H,2-3,8-10H2,1H3,(H,17,18). The van der Waals surface area contributed by atoms with E-state index in [0.29, 0.717) is 12.1 Å². The second kappa shape index (κ2) is 6.79. The molecule has 1 aromatic rings. The first-order valence-electron chi connectivity index (χ1n) is 6.75. The zero-order valence-electron chi connectivity index (χ0n) is 11.5. The van der Waals surface area contributed by atoms with Crippen LogP contribution in [0, 0.1) is 5.92 Å². The maximum Gasteiger partial charge on any atom is 0.303 e. The van der Waals surface area contributed by atoms with Crippen molar-refractivity contribution < 1.29 is 14.7 Å². The molecule has 1 aliphatic rings. The van der Waals surface area contributed by atoms with Crippen LogP contribution < -0.4 is 0 Å². The Morgan fingerprint density at radius 1 is 1.35 bits per heavy atom. The predicted molar refractivity (Wildman–Crippen MR) is 79.1 cm³/mol. The molecule has 4 nitrogen and oxygen atoms in total. The van der Waals surface area contributed by atoms with Crippen LogP contribution in [0.1, 0.15) is 29.6 Å². The molecule has 1 unspecified atom stereocenters. The second-order valence-corrected chi connectivity index (χ2v) is 5.97. The van der Waals surface area contributed by atoms with E-state index in [4.69, 9.17) is 5.11 Å². The van der Waals surface area contributed by atoms with E-state index in [1.54, 1.807) is 16.7 Å². The van der Waals surface area contributed by atoms with Crippen molar-refractivity contribution in [2.24, 2.45) is 5.92 Å². The van der Waals surface area contributed by atoms with Crippen molar-refractivity contribution in [1.29, 1.82) is 0 Å². The van der Waals surface area contributed by atoms with Gasteiger partial charge in [0, 0.05) is 30.0 Å². The van der Waals surface area contributed by atoms with Gasteiger partial charge in [-0.25, -0.2) is 0 Å². The molecule has 0 saturated carbocycles. The largest absolute Gasteiger partial charge is 0.481 e. The molecule has 1 heterocycles. The van der Waals surface area contributed by atoms with E-state index in [-0.39, 0.29) is 18.2 Å². The second-order valence-electron chi connectivity index (χ2n) is 5.09. The summed E-state index contributed by atoms with van der Waals surface area (Å²) in [5.74, 6) is -0.697. The third-order valence-electron chi connectivity index (χ3n) is 3.61. The van der Waals surface area contributed by atoms with E-state index in [9.17, 15) is 9.59 Å². The normalized spacial score (nSPS) is 18.9. The molecular formula is C15H19NO3S. The number of amides is 1. The predicted octanol–water partition coefficient (Wildman–Crippen LogP) is 2.74. The third kappa shape index (κ3) is 3.76. The number of carbonyl (C=O) groups excluding carboxylic acids is 1. The van der Waals surface area contributed by atoms with Crippen molar-refractivity contribution in [3.8, 4) is 0 Å². The van der Waals surface area contributed by atoms with Crippen LogP contribution in [0.4, 0.5) is 0 Å². The number of nitrogens with zero attached hydrogens (tertiary/aromatic N) is 1. The molecule has 0 aliphatic carbocycles. The van der Waals surface area contributed by atoms with Crippen molar-refractivity contribution in [1.82, 2.24) is 4.90 Å². The van der Waals surface area contributed by atoms with Gasteiger partial charge in [-0.05, 0) is 49.3 Å². The number of carboxylic acid groups (broad SMARTS) is 1. The number of carboxylic acids is 1. The summed E-state index contributed by atoms with van der Waals surface area (Å²) < 4.78 is 0. The average molecular weight is 293 g/mol. The fourth-order valence-electron chi connectivity index (χ4n) is 2.58. The summed E-state index contributed by atoms with van der Waals surface area (Å²) in [5, 5.41) is 8.86. The first kappa shape index (κ1) is 14.9. The van der Waals surface area contributed by atoms with E-state index >= 15 is 0 Å². The van der Waals surface area contributed by atoms with Gasteiger partial charge in [0.1, 0.15) is 0 Å². The van der Waals surface area contributed by atoms with Crippen molar-refractivity contribution >= 4 is 23.6 Å². The number of hydrogen-bond acceptors (Lipinski definition) is 3. The molecule has 0 radical (unpaired) electrons. The Bertz CT molecular complexity index is 486. The molecule has 0 spiro atoms. The minimum absolute atomic E-state index is 0.00717. The zero-order valence-corrected chi connectivity index (χ0v) is 12.4. The quantitative estimate of drug-likeness (QED) is 0.867. The van der Waals surface area contributed by atoms with Crippen LogP contribution in [0.25, 0.3) is 0 Å². The molecule has 108 valence electrons. The van der Waals surface area contributed by atoms with Gasteiger partial charge in [-0.2, -0.15) is 0 Å². The maximum atomic E-state index is 12.4. The number of piperidine rings is 1. The Labute approximate surface area is 123 Å². The monoisotopic (exact) mass is 293 g/mol. The summed E-state index contributed by atoms with van der Waals surface area (Å²) in [5.41, 5.74) is 0.679. The molecule has 0 bridgehead atoms. The van der Waals surface area contributed by atoms with Crippen LogP contribution >= 0.6 is 11.8 Å². The van der Waals surface area contributed by atoms with Gasteiger partial charge >= 0.3 is 5.97 Å². The van der Waals surface area contributed by atoms with Crippen molar-refractivity contribution in [3.63, 3.8) is 0 Å². The van der Waals surface area contributed by atoms with Crippen LogP contribution in [0.15, 0.2) is 29.2 Å². The molecule has 1 fully saturated rings. The summed E-state index contributed by atoms with van der Waals surface area (Å²) in [6, 6.07) is 7.57. The first-order chi connectivity index (χ1) is 9.60. The molecule has 20 heavy (non-hydrogen) atoms. The summed E-state index contributed by atoms with van der Waals surface area (Å²) >= 11 is 1.64. The number of benzene rings is 1. The lowest BCUT2D eigenvalue weighted by Crippen LogP contribution is -2.40. The van der Waals surface area contributed by atoms with Crippen LogP contribution in [0.2, 0.25) is 0 Å². The molecule has 1 atom stereocenters. The van der Waals surface area contributed by atoms with Gasteiger partial charge in [0.15, 0.2) is 0 Å². The van der Waals surface area contributed by atoms with Crippen molar-refractivity contribution in [3.05, 3.63) is 29.8 Å². The smallest absolute Gasteiger partial charge is 0.303 e. The third-order valence-corrected chi connectivity index (χ3v) is 4.35. The van der Waals surface area contributed by atoms with Crippen molar-refractivity contribution in [2.45, 2.75) is 24.2 Å². The van der Waals surface area contributed by atoms with Crippen LogP contribution in [-0.4, -0.2) is 41.2 Å². The lowest BCUT2D eigenvalue weighted by molar-refractivity contribution is -0.138. The first-order valence-corrected chi connectivity index (χ1v) is 7.97. The lowest BCUT2D eigenvalue weighted by Gasteiger charge is -2.32. The molecular weight excluding hydrogens is 274 g/mol. The fraction of sp³-hybridized carbons (Fsp3) is 0.467.